The molecular weight excluding hydrogens is 138 g/mol. The van der Waals surface area contributed by atoms with Crippen LogP contribution < -0.4 is 0 Å². The van der Waals surface area contributed by atoms with Crippen molar-refractivity contribution in [1.29, 1.82) is 0 Å². The average Bonchev–Trinajstić information content (AvgIpc) is 1.65. The summed E-state index contributed by atoms with van der Waals surface area (Å²) in [5, 5.41) is 0. The Morgan fingerprint density at radius 3 is 1.67 bits per heavy atom. The predicted octanol–water partition coefficient (Wildman–Crippen LogP) is 2.49. The summed E-state index contributed by atoms with van der Waals surface area (Å²) in [6, 6.07) is 0. The Bertz CT molecular complexity index is 28.0. The molecule has 0 aliphatic rings. The van der Waals surface area contributed by atoms with Crippen LogP contribution in [0.5, 0.6) is 0 Å². The molecule has 0 saturated carbocycles. The molecule has 38 valence electrons. The lowest BCUT2D eigenvalue weighted by molar-refractivity contribution is 1.96. The summed E-state index contributed by atoms with van der Waals surface area (Å²) in [5.74, 6) is 0. The van der Waals surface area contributed by atoms with Gasteiger partial charge in [0, 0.05) is 11.2 Å². The van der Waals surface area contributed by atoms with Crippen LogP contribution in [0.4, 0.5) is 0 Å². The van der Waals surface area contributed by atoms with Crippen molar-refractivity contribution < 1.29 is 0 Å². The van der Waals surface area contributed by atoms with E-state index in [1.165, 1.54) is 0 Å². The van der Waals surface area contributed by atoms with E-state index >= 15 is 0 Å². The van der Waals surface area contributed by atoms with Crippen molar-refractivity contribution in [3.05, 3.63) is 0 Å². The van der Waals surface area contributed by atoms with E-state index in [2.05, 4.69) is 6.66 Å². The number of hydrogen-bond acceptors (Lipinski definition) is 0. The number of rotatable bonds is 2. The molecule has 0 heterocycles. The Balaban J connectivity index is 2.75. The maximum atomic E-state index is 5.40. The second kappa shape index (κ2) is 4.18. The molecule has 0 unspecified atom stereocenters. The van der Waals surface area contributed by atoms with Crippen LogP contribution in [0.25, 0.3) is 0 Å². The van der Waals surface area contributed by atoms with Crippen LogP contribution in [0.3, 0.4) is 0 Å². The third kappa shape index (κ3) is 3.21. The van der Waals surface area contributed by atoms with Gasteiger partial charge in [0.15, 0.2) is 0 Å². The maximum Gasteiger partial charge on any atom is 0.0432 e. The lowest BCUT2D eigenvalue weighted by Crippen LogP contribution is -1.69. The highest BCUT2D eigenvalue weighted by Gasteiger charge is 1.90. The summed E-state index contributed by atoms with van der Waals surface area (Å²) in [6.45, 7) is 2.08. The highest BCUT2D eigenvalue weighted by Crippen LogP contribution is 2.31. The van der Waals surface area contributed by atoms with E-state index in [-0.39, 0.29) is 7.92 Å². The zero-order valence-electron chi connectivity index (χ0n) is 3.62. The van der Waals surface area contributed by atoms with Gasteiger partial charge >= 0.3 is 0 Å². The van der Waals surface area contributed by atoms with Gasteiger partial charge in [-0.05, 0) is 6.66 Å². The Morgan fingerprint density at radius 1 is 1.33 bits per heavy atom. The van der Waals surface area contributed by atoms with Crippen LogP contribution in [-0.4, -0.2) is 17.9 Å². The summed E-state index contributed by atoms with van der Waals surface area (Å²) >= 11 is 10.8. The Labute approximate surface area is 49.6 Å². The van der Waals surface area contributed by atoms with Gasteiger partial charge in [-0.1, -0.05) is 7.92 Å². The molecule has 0 radical (unpaired) electrons. The number of alkyl halides is 2. The molecule has 0 spiro atoms. The Hall–Kier alpha value is 1.01. The first-order valence-corrected chi connectivity index (χ1v) is 4.84. The third-order valence-electron chi connectivity index (χ3n) is 0.408. The first kappa shape index (κ1) is 7.01. The summed E-state index contributed by atoms with van der Waals surface area (Å²) in [6.07, 6.45) is 0. The monoisotopic (exact) mass is 144 g/mol. The minimum atomic E-state index is -0.0453. The predicted molar refractivity (Wildman–Crippen MR) is 34.3 cm³/mol. The number of halogens is 2. The van der Waals surface area contributed by atoms with Crippen molar-refractivity contribution in [3.63, 3.8) is 0 Å². The lowest BCUT2D eigenvalue weighted by Gasteiger charge is -1.96. The molecule has 0 rings (SSSR count). The van der Waals surface area contributed by atoms with Gasteiger partial charge in [-0.3, -0.25) is 0 Å². The highest BCUT2D eigenvalue weighted by atomic mass is 35.5. The van der Waals surface area contributed by atoms with Crippen LogP contribution in [-0.2, 0) is 0 Å². The first-order chi connectivity index (χ1) is 2.81. The van der Waals surface area contributed by atoms with E-state index in [0.717, 1.165) is 11.2 Å². The SMILES string of the molecule is CP(CCl)CCl. The van der Waals surface area contributed by atoms with Crippen LogP contribution in [0.2, 0.25) is 0 Å². The molecule has 0 aromatic heterocycles. The first-order valence-electron chi connectivity index (χ1n) is 1.61. The van der Waals surface area contributed by atoms with Gasteiger partial charge in [-0.2, -0.15) is 0 Å². The smallest absolute Gasteiger partial charge is 0.0432 e. The lowest BCUT2D eigenvalue weighted by atomic mass is 11.8. The van der Waals surface area contributed by atoms with Gasteiger partial charge in [0.1, 0.15) is 0 Å². The van der Waals surface area contributed by atoms with Gasteiger partial charge in [-0.15, -0.1) is 23.2 Å². The van der Waals surface area contributed by atoms with Gasteiger partial charge in [0.2, 0.25) is 0 Å². The fourth-order valence-corrected chi connectivity index (χ4v) is 0.862. The van der Waals surface area contributed by atoms with E-state index in [1.807, 2.05) is 0 Å². The van der Waals surface area contributed by atoms with Crippen LogP contribution in [0.1, 0.15) is 0 Å². The van der Waals surface area contributed by atoms with Crippen LogP contribution in [0.15, 0.2) is 0 Å². The minimum Gasteiger partial charge on any atom is -0.122 e. The van der Waals surface area contributed by atoms with Crippen molar-refractivity contribution in [2.75, 3.05) is 17.9 Å². The van der Waals surface area contributed by atoms with E-state index < -0.39 is 0 Å². The molecule has 0 aliphatic heterocycles. The fraction of sp³-hybridized carbons (Fsp3) is 1.00. The van der Waals surface area contributed by atoms with E-state index in [4.69, 9.17) is 23.2 Å². The fourth-order valence-electron chi connectivity index (χ4n) is 0.0319. The van der Waals surface area contributed by atoms with Crippen molar-refractivity contribution in [2.45, 2.75) is 0 Å². The standard InChI is InChI=1S/C3H7Cl2P/c1-6(2-4)3-5/h2-3H2,1H3. The third-order valence-corrected chi connectivity index (χ3v) is 3.67. The summed E-state index contributed by atoms with van der Waals surface area (Å²) in [4.78, 5) is 0. The van der Waals surface area contributed by atoms with Gasteiger partial charge < -0.3 is 0 Å². The average molecular weight is 145 g/mol. The zero-order valence-corrected chi connectivity index (χ0v) is 6.02. The van der Waals surface area contributed by atoms with E-state index in [9.17, 15) is 0 Å². The summed E-state index contributed by atoms with van der Waals surface area (Å²) < 4.78 is 0. The second-order valence-electron chi connectivity index (χ2n) is 1.10. The van der Waals surface area contributed by atoms with Crippen LogP contribution >= 0.6 is 31.1 Å². The quantitative estimate of drug-likeness (QED) is 0.413. The van der Waals surface area contributed by atoms with Crippen molar-refractivity contribution >= 4 is 31.1 Å². The summed E-state index contributed by atoms with van der Waals surface area (Å²) in [5.41, 5.74) is 1.47. The molecule has 0 N–H and O–H groups in total. The molecule has 3 heteroatoms. The molecule has 0 atom stereocenters. The molecule has 0 bridgehead atoms. The van der Waals surface area contributed by atoms with E-state index in [0.29, 0.717) is 0 Å². The number of hydrogen-bond donors (Lipinski definition) is 0. The molecule has 6 heavy (non-hydrogen) atoms. The molecule has 0 fully saturated rings. The molecule has 0 amide bonds. The molecule has 0 nitrogen and oxygen atoms in total. The Kier molecular flexibility index (Phi) is 4.88. The molecule has 0 aliphatic carbocycles. The summed E-state index contributed by atoms with van der Waals surface area (Å²) in [7, 11) is -0.0453. The van der Waals surface area contributed by atoms with Gasteiger partial charge in [-0.25, -0.2) is 0 Å². The normalized spacial score (nSPS) is 10.0. The Morgan fingerprint density at radius 2 is 1.67 bits per heavy atom. The highest BCUT2D eigenvalue weighted by molar-refractivity contribution is 7.60. The molecule has 0 aromatic rings. The van der Waals surface area contributed by atoms with Crippen molar-refractivity contribution in [1.82, 2.24) is 0 Å². The van der Waals surface area contributed by atoms with Gasteiger partial charge in [0.05, 0.1) is 0 Å². The minimum absolute atomic E-state index is 0.0453. The van der Waals surface area contributed by atoms with Crippen molar-refractivity contribution in [2.24, 2.45) is 0 Å². The van der Waals surface area contributed by atoms with Gasteiger partial charge in [0.25, 0.3) is 0 Å². The van der Waals surface area contributed by atoms with E-state index in [1.54, 1.807) is 0 Å². The molecule has 0 aromatic carbocycles. The maximum absolute atomic E-state index is 5.40. The zero-order chi connectivity index (χ0) is 4.99. The molecular formula is C3H7Cl2P. The second-order valence-corrected chi connectivity index (χ2v) is 4.72. The topological polar surface area (TPSA) is 0 Å². The van der Waals surface area contributed by atoms with Crippen LogP contribution in [0, 0.1) is 0 Å². The largest absolute Gasteiger partial charge is 0.122 e. The molecule has 0 saturated heterocycles. The van der Waals surface area contributed by atoms with Crippen molar-refractivity contribution in [3.8, 4) is 0 Å².